The first kappa shape index (κ1) is 19.8. The number of aryl methyl sites for hydroxylation is 1. The van der Waals surface area contributed by atoms with Crippen LogP contribution in [0.5, 0.6) is 0 Å². The number of anilines is 1. The molecule has 8 heteroatoms. The highest BCUT2D eigenvalue weighted by Gasteiger charge is 2.26. The Labute approximate surface area is 160 Å². The van der Waals surface area contributed by atoms with E-state index in [1.54, 1.807) is 12.1 Å². The molecule has 1 fully saturated rings. The maximum Gasteiger partial charge on any atom is 0.243 e. The lowest BCUT2D eigenvalue weighted by Crippen LogP contribution is -2.43. The highest BCUT2D eigenvalue weighted by Crippen LogP contribution is 2.26. The number of rotatable bonds is 5. The predicted octanol–water partition coefficient (Wildman–Crippen LogP) is 2.03. The standard InChI is InChI=1S/C19H27N3O4S/c1-22(13-19(24)20-15-7-3-2-4-8-15)27(25,26)16-10-11-17-14(12-16)6-5-9-18(23)21-17/h10-12,15H,2-9,13H2,1H3,(H,20,24)(H,21,23). The largest absolute Gasteiger partial charge is 0.352 e. The average molecular weight is 394 g/mol. The van der Waals surface area contributed by atoms with Gasteiger partial charge in [0.05, 0.1) is 11.4 Å². The van der Waals surface area contributed by atoms with E-state index in [0.29, 0.717) is 24.9 Å². The van der Waals surface area contributed by atoms with Crippen molar-refractivity contribution in [3.63, 3.8) is 0 Å². The van der Waals surface area contributed by atoms with Gasteiger partial charge in [0.1, 0.15) is 0 Å². The summed E-state index contributed by atoms with van der Waals surface area (Å²) in [6.07, 6.45) is 7.07. The Balaban J connectivity index is 1.68. The number of amides is 2. The summed E-state index contributed by atoms with van der Waals surface area (Å²) in [7, 11) is -2.35. The molecule has 2 aliphatic rings. The average Bonchev–Trinajstić information content (AvgIpc) is 2.82. The van der Waals surface area contributed by atoms with Gasteiger partial charge in [-0.15, -0.1) is 0 Å². The minimum absolute atomic E-state index is 0.0548. The summed E-state index contributed by atoms with van der Waals surface area (Å²) in [5.41, 5.74) is 1.47. The molecule has 1 aliphatic heterocycles. The van der Waals surface area contributed by atoms with E-state index in [1.165, 1.54) is 19.5 Å². The molecule has 0 bridgehead atoms. The highest BCUT2D eigenvalue weighted by molar-refractivity contribution is 7.89. The van der Waals surface area contributed by atoms with Crippen LogP contribution < -0.4 is 10.6 Å². The van der Waals surface area contributed by atoms with Crippen LogP contribution in [0.3, 0.4) is 0 Å². The van der Waals surface area contributed by atoms with E-state index in [2.05, 4.69) is 10.6 Å². The van der Waals surface area contributed by atoms with Crippen molar-refractivity contribution >= 4 is 27.5 Å². The molecule has 3 rings (SSSR count). The first-order chi connectivity index (χ1) is 12.9. The topological polar surface area (TPSA) is 95.6 Å². The molecular formula is C19H27N3O4S. The molecule has 7 nitrogen and oxygen atoms in total. The quantitative estimate of drug-likeness (QED) is 0.800. The fourth-order valence-corrected chi connectivity index (χ4v) is 4.88. The molecule has 2 amide bonds. The molecule has 1 aromatic carbocycles. The van der Waals surface area contributed by atoms with Crippen LogP contribution in [0.15, 0.2) is 23.1 Å². The van der Waals surface area contributed by atoms with Crippen LogP contribution in [0.2, 0.25) is 0 Å². The summed E-state index contributed by atoms with van der Waals surface area (Å²) in [6, 6.07) is 4.86. The van der Waals surface area contributed by atoms with E-state index < -0.39 is 10.0 Å². The lowest BCUT2D eigenvalue weighted by Gasteiger charge is -2.24. The van der Waals surface area contributed by atoms with Gasteiger partial charge in [-0.2, -0.15) is 4.31 Å². The second-order valence-electron chi connectivity index (χ2n) is 7.38. The second kappa shape index (κ2) is 8.39. The first-order valence-electron chi connectivity index (χ1n) is 9.55. The van der Waals surface area contributed by atoms with Crippen molar-refractivity contribution in [1.29, 1.82) is 0 Å². The zero-order valence-electron chi connectivity index (χ0n) is 15.7. The highest BCUT2D eigenvalue weighted by atomic mass is 32.2. The fourth-order valence-electron chi connectivity index (χ4n) is 3.70. The van der Waals surface area contributed by atoms with Gasteiger partial charge in [-0.25, -0.2) is 8.42 Å². The Bertz CT molecular complexity index is 816. The van der Waals surface area contributed by atoms with Crippen LogP contribution in [0.4, 0.5) is 5.69 Å². The zero-order chi connectivity index (χ0) is 19.4. The molecule has 2 N–H and O–H groups in total. The molecule has 1 aromatic rings. The number of likely N-dealkylation sites (N-methyl/N-ethyl adjacent to an activating group) is 1. The van der Waals surface area contributed by atoms with Crippen LogP contribution in [-0.4, -0.2) is 44.2 Å². The zero-order valence-corrected chi connectivity index (χ0v) is 16.5. The van der Waals surface area contributed by atoms with Crippen molar-refractivity contribution in [2.45, 2.75) is 62.3 Å². The van der Waals surface area contributed by atoms with Crippen molar-refractivity contribution in [3.8, 4) is 0 Å². The van der Waals surface area contributed by atoms with Gasteiger partial charge in [0.15, 0.2) is 0 Å². The molecule has 0 atom stereocenters. The molecule has 0 spiro atoms. The summed E-state index contributed by atoms with van der Waals surface area (Å²) >= 11 is 0. The van der Waals surface area contributed by atoms with Crippen molar-refractivity contribution in [2.75, 3.05) is 18.9 Å². The van der Waals surface area contributed by atoms with E-state index in [-0.39, 0.29) is 29.3 Å². The van der Waals surface area contributed by atoms with Gasteiger partial charge in [0.2, 0.25) is 21.8 Å². The smallest absolute Gasteiger partial charge is 0.243 e. The number of carbonyl (C=O) groups is 2. The minimum atomic E-state index is -3.77. The summed E-state index contributed by atoms with van der Waals surface area (Å²) in [6.45, 7) is -0.202. The molecule has 0 radical (unpaired) electrons. The van der Waals surface area contributed by atoms with E-state index in [0.717, 1.165) is 35.6 Å². The number of nitrogens with zero attached hydrogens (tertiary/aromatic N) is 1. The van der Waals surface area contributed by atoms with Crippen molar-refractivity contribution < 1.29 is 18.0 Å². The summed E-state index contributed by atoms with van der Waals surface area (Å²) < 4.78 is 26.8. The number of hydrogen-bond acceptors (Lipinski definition) is 4. The molecule has 0 unspecified atom stereocenters. The van der Waals surface area contributed by atoms with Crippen LogP contribution in [-0.2, 0) is 26.0 Å². The summed E-state index contributed by atoms with van der Waals surface area (Å²) in [5.74, 6) is -0.323. The number of fused-ring (bicyclic) bond motifs is 1. The Morgan fingerprint density at radius 3 is 2.67 bits per heavy atom. The number of hydrogen-bond donors (Lipinski definition) is 2. The Morgan fingerprint density at radius 1 is 1.19 bits per heavy atom. The maximum atomic E-state index is 12.9. The molecule has 0 aromatic heterocycles. The van der Waals surface area contributed by atoms with Crippen LogP contribution >= 0.6 is 0 Å². The number of sulfonamides is 1. The number of benzene rings is 1. The molecule has 1 heterocycles. The van der Waals surface area contributed by atoms with Crippen molar-refractivity contribution in [3.05, 3.63) is 23.8 Å². The van der Waals surface area contributed by atoms with Gasteiger partial charge in [-0.1, -0.05) is 19.3 Å². The third-order valence-electron chi connectivity index (χ3n) is 5.25. The third kappa shape index (κ3) is 4.87. The predicted molar refractivity (Wildman–Crippen MR) is 103 cm³/mol. The van der Waals surface area contributed by atoms with Gasteiger partial charge in [0, 0.05) is 25.2 Å². The van der Waals surface area contributed by atoms with E-state index in [4.69, 9.17) is 0 Å². The Hall–Kier alpha value is -1.93. The van der Waals surface area contributed by atoms with Crippen LogP contribution in [0.25, 0.3) is 0 Å². The third-order valence-corrected chi connectivity index (χ3v) is 7.04. The molecular weight excluding hydrogens is 366 g/mol. The molecule has 148 valence electrons. The SMILES string of the molecule is CN(CC(=O)NC1CCCCC1)S(=O)(=O)c1ccc2c(c1)CCCC(=O)N2. The fraction of sp³-hybridized carbons (Fsp3) is 0.579. The summed E-state index contributed by atoms with van der Waals surface area (Å²) in [5, 5.41) is 5.74. The van der Waals surface area contributed by atoms with E-state index >= 15 is 0 Å². The van der Waals surface area contributed by atoms with Gasteiger partial charge < -0.3 is 10.6 Å². The Morgan fingerprint density at radius 2 is 1.93 bits per heavy atom. The number of nitrogens with one attached hydrogen (secondary N) is 2. The van der Waals surface area contributed by atoms with E-state index in [1.807, 2.05) is 0 Å². The van der Waals surface area contributed by atoms with Crippen LogP contribution in [0.1, 0.15) is 50.5 Å². The van der Waals surface area contributed by atoms with Gasteiger partial charge in [0.25, 0.3) is 0 Å². The normalized spacial score (nSPS) is 18.5. The van der Waals surface area contributed by atoms with Gasteiger partial charge >= 0.3 is 0 Å². The molecule has 27 heavy (non-hydrogen) atoms. The molecule has 1 saturated carbocycles. The van der Waals surface area contributed by atoms with Gasteiger partial charge in [-0.3, -0.25) is 9.59 Å². The van der Waals surface area contributed by atoms with Crippen molar-refractivity contribution in [1.82, 2.24) is 9.62 Å². The molecule has 0 saturated heterocycles. The first-order valence-corrected chi connectivity index (χ1v) is 11.0. The lowest BCUT2D eigenvalue weighted by atomic mass is 9.95. The maximum absolute atomic E-state index is 12.9. The van der Waals surface area contributed by atoms with E-state index in [9.17, 15) is 18.0 Å². The second-order valence-corrected chi connectivity index (χ2v) is 9.43. The van der Waals surface area contributed by atoms with Gasteiger partial charge in [-0.05, 0) is 49.4 Å². The summed E-state index contributed by atoms with van der Waals surface area (Å²) in [4.78, 5) is 24.0. The van der Waals surface area contributed by atoms with Crippen LogP contribution in [0, 0.1) is 0 Å². The van der Waals surface area contributed by atoms with Crippen molar-refractivity contribution in [2.24, 2.45) is 0 Å². The molecule has 1 aliphatic carbocycles. The monoisotopic (exact) mass is 393 g/mol. The minimum Gasteiger partial charge on any atom is -0.352 e. The Kier molecular flexibility index (Phi) is 6.16. The lowest BCUT2D eigenvalue weighted by molar-refractivity contribution is -0.122. The number of carbonyl (C=O) groups excluding carboxylic acids is 2.